The second-order valence-electron chi connectivity index (χ2n) is 6.51. The molecule has 140 valence electrons. The van der Waals surface area contributed by atoms with Gasteiger partial charge in [-0.2, -0.15) is 11.8 Å². The smallest absolute Gasteiger partial charge is 0.191 e. The quantitative estimate of drug-likeness (QED) is 0.370. The standard InChI is InChI=1S/C17H33N3O3S/c1-18-16(20-14-17(24-2)5-10-21-11-6-17)19-7-3-8-22-12-15-4-9-23-13-15/h15H,3-14H2,1-2H3,(H2,18,19,20). The first-order valence-electron chi connectivity index (χ1n) is 9.01. The van der Waals surface area contributed by atoms with E-state index in [2.05, 4.69) is 21.9 Å². The lowest BCUT2D eigenvalue weighted by Crippen LogP contribution is -2.48. The van der Waals surface area contributed by atoms with Crippen molar-refractivity contribution in [2.45, 2.75) is 30.4 Å². The maximum absolute atomic E-state index is 5.72. The highest BCUT2D eigenvalue weighted by Gasteiger charge is 2.31. The third-order valence-corrected chi connectivity index (χ3v) is 6.19. The average Bonchev–Trinajstić information content (AvgIpc) is 3.14. The molecule has 0 bridgehead atoms. The Morgan fingerprint density at radius 3 is 2.75 bits per heavy atom. The Hall–Kier alpha value is -0.500. The molecule has 2 aliphatic rings. The molecule has 6 nitrogen and oxygen atoms in total. The summed E-state index contributed by atoms with van der Waals surface area (Å²) in [6.45, 7) is 6.87. The van der Waals surface area contributed by atoms with Gasteiger partial charge in [-0.25, -0.2) is 0 Å². The zero-order valence-electron chi connectivity index (χ0n) is 15.1. The van der Waals surface area contributed by atoms with E-state index in [-0.39, 0.29) is 4.75 Å². The molecule has 0 saturated carbocycles. The van der Waals surface area contributed by atoms with Crippen molar-refractivity contribution in [2.75, 3.05) is 66.0 Å². The number of ether oxygens (including phenoxy) is 3. The lowest BCUT2D eigenvalue weighted by atomic mass is 9.99. The van der Waals surface area contributed by atoms with Crippen LogP contribution in [-0.4, -0.2) is 76.7 Å². The van der Waals surface area contributed by atoms with Crippen LogP contribution in [0.1, 0.15) is 25.7 Å². The summed E-state index contributed by atoms with van der Waals surface area (Å²) in [6, 6.07) is 0. The van der Waals surface area contributed by atoms with Crippen LogP contribution < -0.4 is 10.6 Å². The number of rotatable bonds is 9. The maximum atomic E-state index is 5.72. The van der Waals surface area contributed by atoms with E-state index in [9.17, 15) is 0 Å². The van der Waals surface area contributed by atoms with Crippen LogP contribution in [0.3, 0.4) is 0 Å². The summed E-state index contributed by atoms with van der Waals surface area (Å²) in [7, 11) is 1.82. The molecule has 7 heteroatoms. The molecule has 1 unspecified atom stereocenters. The number of hydrogen-bond acceptors (Lipinski definition) is 5. The van der Waals surface area contributed by atoms with Gasteiger partial charge in [-0.05, 0) is 31.9 Å². The zero-order chi connectivity index (χ0) is 17.1. The second-order valence-corrected chi connectivity index (χ2v) is 7.78. The van der Waals surface area contributed by atoms with Gasteiger partial charge in [0.15, 0.2) is 5.96 Å². The Bertz CT molecular complexity index is 370. The van der Waals surface area contributed by atoms with Crippen molar-refractivity contribution in [1.82, 2.24) is 10.6 Å². The van der Waals surface area contributed by atoms with Crippen molar-refractivity contribution < 1.29 is 14.2 Å². The number of hydrogen-bond donors (Lipinski definition) is 2. The summed E-state index contributed by atoms with van der Waals surface area (Å²) in [5, 5.41) is 6.84. The predicted molar refractivity (Wildman–Crippen MR) is 100 cm³/mol. The SMILES string of the molecule is CN=C(NCCCOCC1CCOC1)NCC1(SC)CCOCC1. The molecule has 0 radical (unpaired) electrons. The highest BCUT2D eigenvalue weighted by Crippen LogP contribution is 2.32. The minimum atomic E-state index is 0.266. The third-order valence-electron chi connectivity index (χ3n) is 4.77. The summed E-state index contributed by atoms with van der Waals surface area (Å²) < 4.78 is 16.8. The van der Waals surface area contributed by atoms with E-state index < -0.39 is 0 Å². The molecule has 2 aliphatic heterocycles. The van der Waals surface area contributed by atoms with Gasteiger partial charge in [-0.15, -0.1) is 0 Å². The van der Waals surface area contributed by atoms with Crippen LogP contribution in [0.5, 0.6) is 0 Å². The van der Waals surface area contributed by atoms with E-state index in [0.717, 1.165) is 84.4 Å². The molecule has 2 saturated heterocycles. The average molecular weight is 360 g/mol. The second kappa shape index (κ2) is 11.2. The van der Waals surface area contributed by atoms with Crippen molar-refractivity contribution in [1.29, 1.82) is 0 Å². The van der Waals surface area contributed by atoms with Crippen molar-refractivity contribution in [3.63, 3.8) is 0 Å². The van der Waals surface area contributed by atoms with E-state index in [1.807, 2.05) is 18.8 Å². The number of nitrogens with one attached hydrogen (secondary N) is 2. The molecule has 0 amide bonds. The summed E-state index contributed by atoms with van der Waals surface area (Å²) in [5.41, 5.74) is 0. The first-order valence-corrected chi connectivity index (χ1v) is 10.2. The van der Waals surface area contributed by atoms with Gasteiger partial charge in [0.1, 0.15) is 0 Å². The van der Waals surface area contributed by atoms with E-state index in [1.165, 1.54) is 0 Å². The lowest BCUT2D eigenvalue weighted by Gasteiger charge is -2.36. The van der Waals surface area contributed by atoms with Gasteiger partial charge in [0.25, 0.3) is 0 Å². The molecule has 24 heavy (non-hydrogen) atoms. The number of thioether (sulfide) groups is 1. The van der Waals surface area contributed by atoms with Crippen molar-refractivity contribution >= 4 is 17.7 Å². The number of nitrogens with zero attached hydrogens (tertiary/aromatic N) is 1. The van der Waals surface area contributed by atoms with Crippen molar-refractivity contribution in [3.05, 3.63) is 0 Å². The number of guanidine groups is 1. The molecule has 0 aromatic carbocycles. The van der Waals surface area contributed by atoms with Crippen LogP contribution in [0.25, 0.3) is 0 Å². The van der Waals surface area contributed by atoms with Crippen LogP contribution in [0.4, 0.5) is 0 Å². The van der Waals surface area contributed by atoms with E-state index in [1.54, 1.807) is 0 Å². The fourth-order valence-electron chi connectivity index (χ4n) is 3.01. The van der Waals surface area contributed by atoms with Crippen LogP contribution >= 0.6 is 11.8 Å². The molecule has 0 aromatic rings. The van der Waals surface area contributed by atoms with E-state index in [0.29, 0.717) is 5.92 Å². The normalized spacial score (nSPS) is 24.1. The summed E-state index contributed by atoms with van der Waals surface area (Å²) in [5.74, 6) is 1.47. The Morgan fingerprint density at radius 1 is 1.25 bits per heavy atom. The minimum absolute atomic E-state index is 0.266. The maximum Gasteiger partial charge on any atom is 0.191 e. The molecule has 0 spiro atoms. The van der Waals surface area contributed by atoms with Gasteiger partial charge in [0.05, 0.1) is 13.2 Å². The van der Waals surface area contributed by atoms with Crippen molar-refractivity contribution in [2.24, 2.45) is 10.9 Å². The molecular weight excluding hydrogens is 326 g/mol. The summed E-state index contributed by atoms with van der Waals surface area (Å²) in [6.07, 6.45) is 6.50. The van der Waals surface area contributed by atoms with Gasteiger partial charge in [0, 0.05) is 57.2 Å². The third kappa shape index (κ3) is 6.78. The molecule has 2 heterocycles. The molecule has 0 aromatic heterocycles. The molecule has 0 aliphatic carbocycles. The highest BCUT2D eigenvalue weighted by atomic mass is 32.2. The Balaban J connectivity index is 1.54. The van der Waals surface area contributed by atoms with Crippen LogP contribution in [0.15, 0.2) is 4.99 Å². The Labute approximate surface area is 150 Å². The molecule has 2 fully saturated rings. The highest BCUT2D eigenvalue weighted by molar-refractivity contribution is 8.00. The minimum Gasteiger partial charge on any atom is -0.381 e. The van der Waals surface area contributed by atoms with Crippen LogP contribution in [0.2, 0.25) is 0 Å². The van der Waals surface area contributed by atoms with E-state index in [4.69, 9.17) is 14.2 Å². The van der Waals surface area contributed by atoms with Crippen molar-refractivity contribution in [3.8, 4) is 0 Å². The van der Waals surface area contributed by atoms with Crippen LogP contribution in [0, 0.1) is 5.92 Å². The predicted octanol–water partition coefficient (Wildman–Crippen LogP) is 1.51. The Kier molecular flexibility index (Phi) is 9.23. The monoisotopic (exact) mass is 359 g/mol. The number of aliphatic imine (C=N–C) groups is 1. The summed E-state index contributed by atoms with van der Waals surface area (Å²) in [4.78, 5) is 4.32. The van der Waals surface area contributed by atoms with Gasteiger partial charge in [-0.1, -0.05) is 0 Å². The molecule has 1 atom stereocenters. The van der Waals surface area contributed by atoms with Gasteiger partial charge < -0.3 is 24.8 Å². The van der Waals surface area contributed by atoms with Gasteiger partial charge >= 0.3 is 0 Å². The molecule has 2 N–H and O–H groups in total. The van der Waals surface area contributed by atoms with Crippen LogP contribution in [-0.2, 0) is 14.2 Å². The largest absolute Gasteiger partial charge is 0.381 e. The molecule has 2 rings (SSSR count). The lowest BCUT2D eigenvalue weighted by molar-refractivity contribution is 0.0782. The first-order chi connectivity index (χ1) is 11.8. The fourth-order valence-corrected chi connectivity index (χ4v) is 3.80. The zero-order valence-corrected chi connectivity index (χ0v) is 16.0. The topological polar surface area (TPSA) is 64.1 Å². The first kappa shape index (κ1) is 19.8. The van der Waals surface area contributed by atoms with Gasteiger partial charge in [-0.3, -0.25) is 4.99 Å². The van der Waals surface area contributed by atoms with Gasteiger partial charge in [0.2, 0.25) is 0 Å². The fraction of sp³-hybridized carbons (Fsp3) is 0.941. The summed E-state index contributed by atoms with van der Waals surface area (Å²) >= 11 is 1.94. The van der Waals surface area contributed by atoms with E-state index >= 15 is 0 Å². The Morgan fingerprint density at radius 2 is 2.08 bits per heavy atom. The molecular formula is C17H33N3O3S.